The molecular weight excluding hydrogens is 490 g/mol. The summed E-state index contributed by atoms with van der Waals surface area (Å²) in [4.78, 5) is 22.2. The fourth-order valence-electron chi connectivity index (χ4n) is 2.85. The summed E-state index contributed by atoms with van der Waals surface area (Å²) in [7, 11) is 0. The SMILES string of the molecule is CCN(CC)CCN(C(=O)c1ccccc1Br)c1nc2ccc(Br)cc2s1. The van der Waals surface area contributed by atoms with Gasteiger partial charge in [-0.1, -0.05) is 53.2 Å². The van der Waals surface area contributed by atoms with Gasteiger partial charge in [-0.25, -0.2) is 4.98 Å². The highest BCUT2D eigenvalue weighted by atomic mass is 79.9. The number of anilines is 1. The molecule has 0 unspecified atom stereocenters. The molecular formula is C20H21Br2N3OS. The smallest absolute Gasteiger partial charge is 0.261 e. The molecule has 4 nitrogen and oxygen atoms in total. The minimum atomic E-state index is -0.0345. The van der Waals surface area contributed by atoms with Gasteiger partial charge >= 0.3 is 0 Å². The van der Waals surface area contributed by atoms with Crippen LogP contribution in [0.2, 0.25) is 0 Å². The van der Waals surface area contributed by atoms with Crippen LogP contribution in [0.15, 0.2) is 51.4 Å². The first-order chi connectivity index (χ1) is 13.0. The van der Waals surface area contributed by atoms with Crippen LogP contribution < -0.4 is 4.90 Å². The second-order valence-electron chi connectivity index (χ2n) is 6.07. The van der Waals surface area contributed by atoms with Gasteiger partial charge in [0.2, 0.25) is 0 Å². The third kappa shape index (κ3) is 4.77. The highest BCUT2D eigenvalue weighted by Gasteiger charge is 2.23. The Kier molecular flexibility index (Phi) is 7.03. The first-order valence-corrected chi connectivity index (χ1v) is 11.3. The molecule has 1 amide bonds. The number of rotatable bonds is 7. The van der Waals surface area contributed by atoms with Gasteiger partial charge < -0.3 is 4.90 Å². The van der Waals surface area contributed by atoms with Crippen molar-refractivity contribution in [1.29, 1.82) is 0 Å². The maximum Gasteiger partial charge on any atom is 0.261 e. The maximum atomic E-state index is 13.3. The van der Waals surface area contributed by atoms with Crippen molar-refractivity contribution >= 4 is 64.5 Å². The minimum Gasteiger partial charge on any atom is -0.302 e. The zero-order valence-corrected chi connectivity index (χ0v) is 19.3. The Bertz CT molecular complexity index is 940. The molecule has 0 saturated heterocycles. The van der Waals surface area contributed by atoms with Crippen LogP contribution in [0, 0.1) is 0 Å². The normalized spacial score (nSPS) is 11.3. The molecule has 0 N–H and O–H groups in total. The number of fused-ring (bicyclic) bond motifs is 1. The Balaban J connectivity index is 1.97. The molecule has 0 bridgehead atoms. The number of aromatic nitrogens is 1. The third-order valence-electron chi connectivity index (χ3n) is 4.45. The maximum absolute atomic E-state index is 13.3. The van der Waals surface area contributed by atoms with Gasteiger partial charge in [-0.15, -0.1) is 0 Å². The van der Waals surface area contributed by atoms with Crippen molar-refractivity contribution in [2.45, 2.75) is 13.8 Å². The van der Waals surface area contributed by atoms with Crippen LogP contribution in [0.4, 0.5) is 5.13 Å². The zero-order chi connectivity index (χ0) is 19.4. The summed E-state index contributed by atoms with van der Waals surface area (Å²) in [6.45, 7) is 7.60. The third-order valence-corrected chi connectivity index (χ3v) is 6.68. The molecule has 142 valence electrons. The summed E-state index contributed by atoms with van der Waals surface area (Å²) < 4.78 is 2.87. The summed E-state index contributed by atoms with van der Waals surface area (Å²) >= 11 is 8.56. The Morgan fingerprint density at radius 2 is 1.81 bits per heavy atom. The molecule has 7 heteroatoms. The van der Waals surface area contributed by atoms with Gasteiger partial charge in [-0.2, -0.15) is 0 Å². The number of likely N-dealkylation sites (N-methyl/N-ethyl adjacent to an activating group) is 1. The first kappa shape index (κ1) is 20.5. The van der Waals surface area contributed by atoms with E-state index in [0.29, 0.717) is 12.1 Å². The molecule has 0 atom stereocenters. The molecule has 0 aliphatic rings. The molecule has 3 rings (SSSR count). The molecule has 27 heavy (non-hydrogen) atoms. The van der Waals surface area contributed by atoms with Gasteiger partial charge in [0, 0.05) is 22.0 Å². The van der Waals surface area contributed by atoms with Crippen molar-refractivity contribution < 1.29 is 4.79 Å². The average Bonchev–Trinajstić information content (AvgIpc) is 3.08. The predicted octanol–water partition coefficient (Wildman–Crippen LogP) is 5.81. The van der Waals surface area contributed by atoms with E-state index in [1.165, 1.54) is 0 Å². The summed E-state index contributed by atoms with van der Waals surface area (Å²) in [5.41, 5.74) is 1.56. The number of carbonyl (C=O) groups excluding carboxylic acids is 1. The topological polar surface area (TPSA) is 36.4 Å². The molecule has 0 saturated carbocycles. The number of hydrogen-bond donors (Lipinski definition) is 0. The number of nitrogens with zero attached hydrogens (tertiary/aromatic N) is 3. The lowest BCUT2D eigenvalue weighted by Crippen LogP contribution is -2.39. The standard InChI is InChI=1S/C20H21Br2N3OS/c1-3-24(4-2)11-12-25(19(26)15-7-5-6-8-16(15)22)20-23-17-10-9-14(21)13-18(17)27-20/h5-10,13H,3-4,11-12H2,1-2H3. The molecule has 0 spiro atoms. The first-order valence-electron chi connectivity index (χ1n) is 8.88. The second-order valence-corrected chi connectivity index (χ2v) is 8.85. The predicted molar refractivity (Wildman–Crippen MR) is 121 cm³/mol. The fourth-order valence-corrected chi connectivity index (χ4v) is 4.84. The number of benzene rings is 2. The minimum absolute atomic E-state index is 0.0345. The Morgan fingerprint density at radius 1 is 1.07 bits per heavy atom. The van der Waals surface area contributed by atoms with Crippen LogP contribution in [0.25, 0.3) is 10.2 Å². The monoisotopic (exact) mass is 509 g/mol. The van der Waals surface area contributed by atoms with Crippen LogP contribution in [-0.4, -0.2) is 42.0 Å². The molecule has 1 heterocycles. The Hall–Kier alpha value is -1.28. The summed E-state index contributed by atoms with van der Waals surface area (Å²) in [5, 5.41) is 0.732. The highest BCUT2D eigenvalue weighted by molar-refractivity contribution is 9.10. The van der Waals surface area contributed by atoms with Gasteiger partial charge in [0.1, 0.15) is 0 Å². The average molecular weight is 511 g/mol. The van der Waals surface area contributed by atoms with Gasteiger partial charge in [0.05, 0.1) is 15.8 Å². The van der Waals surface area contributed by atoms with Gasteiger partial charge in [0.15, 0.2) is 5.13 Å². The van der Waals surface area contributed by atoms with Crippen molar-refractivity contribution in [2.24, 2.45) is 0 Å². The van der Waals surface area contributed by atoms with Crippen LogP contribution >= 0.6 is 43.2 Å². The van der Waals surface area contributed by atoms with Crippen LogP contribution in [0.1, 0.15) is 24.2 Å². The Morgan fingerprint density at radius 3 is 2.52 bits per heavy atom. The van der Waals surface area contributed by atoms with Crippen LogP contribution in [0.5, 0.6) is 0 Å². The lowest BCUT2D eigenvalue weighted by molar-refractivity contribution is 0.0983. The van der Waals surface area contributed by atoms with Crippen molar-refractivity contribution in [3.8, 4) is 0 Å². The number of halogens is 2. The van der Waals surface area contributed by atoms with E-state index in [-0.39, 0.29) is 5.91 Å². The van der Waals surface area contributed by atoms with E-state index in [0.717, 1.165) is 43.9 Å². The molecule has 1 aromatic heterocycles. The van der Waals surface area contributed by atoms with Crippen LogP contribution in [0.3, 0.4) is 0 Å². The highest BCUT2D eigenvalue weighted by Crippen LogP contribution is 2.32. The summed E-state index contributed by atoms with van der Waals surface area (Å²) in [6, 6.07) is 13.5. The Labute approximate surface area is 180 Å². The molecule has 0 fully saturated rings. The van der Waals surface area contributed by atoms with Crippen LogP contribution in [-0.2, 0) is 0 Å². The fraction of sp³-hybridized carbons (Fsp3) is 0.300. The molecule has 2 aromatic carbocycles. The number of carbonyl (C=O) groups is 1. The molecule has 0 radical (unpaired) electrons. The van der Waals surface area contributed by atoms with Crippen molar-refractivity contribution in [3.63, 3.8) is 0 Å². The van der Waals surface area contributed by atoms with Crippen molar-refractivity contribution in [3.05, 3.63) is 57.0 Å². The number of hydrogen-bond acceptors (Lipinski definition) is 4. The molecule has 0 aliphatic heterocycles. The quantitative estimate of drug-likeness (QED) is 0.402. The van der Waals surface area contributed by atoms with E-state index in [2.05, 4.69) is 50.6 Å². The molecule has 0 aliphatic carbocycles. The van der Waals surface area contributed by atoms with Crippen molar-refractivity contribution in [1.82, 2.24) is 9.88 Å². The lowest BCUT2D eigenvalue weighted by Gasteiger charge is -2.25. The van der Waals surface area contributed by atoms with E-state index in [4.69, 9.17) is 4.98 Å². The van der Waals surface area contributed by atoms with Crippen molar-refractivity contribution in [2.75, 3.05) is 31.1 Å². The second kappa shape index (κ2) is 9.28. The zero-order valence-electron chi connectivity index (χ0n) is 15.3. The largest absolute Gasteiger partial charge is 0.302 e. The van der Waals surface area contributed by atoms with Gasteiger partial charge in [-0.3, -0.25) is 9.69 Å². The summed E-state index contributed by atoms with van der Waals surface area (Å²) in [6.07, 6.45) is 0. The number of thiazole rings is 1. The lowest BCUT2D eigenvalue weighted by atomic mass is 10.2. The van der Waals surface area contributed by atoms with Gasteiger partial charge in [0.25, 0.3) is 5.91 Å². The molecule has 3 aromatic rings. The summed E-state index contributed by atoms with van der Waals surface area (Å²) in [5.74, 6) is -0.0345. The van der Waals surface area contributed by atoms with E-state index in [9.17, 15) is 4.79 Å². The van der Waals surface area contributed by atoms with E-state index >= 15 is 0 Å². The van der Waals surface area contributed by atoms with Gasteiger partial charge in [-0.05, 0) is 59.4 Å². The number of amides is 1. The van der Waals surface area contributed by atoms with E-state index < -0.39 is 0 Å². The van der Waals surface area contributed by atoms with E-state index in [1.807, 2.05) is 42.5 Å². The van der Waals surface area contributed by atoms with E-state index in [1.54, 1.807) is 16.2 Å².